The average molecular weight is 572 g/mol. The van der Waals surface area contributed by atoms with Crippen LogP contribution >= 0.6 is 0 Å². The number of aldehydes is 1. The molecule has 4 rings (SSSR count). The zero-order chi connectivity index (χ0) is 31.3. The van der Waals surface area contributed by atoms with Gasteiger partial charge in [-0.3, -0.25) is 9.59 Å². The summed E-state index contributed by atoms with van der Waals surface area (Å²) in [5, 5.41) is 13.0. The van der Waals surface area contributed by atoms with Crippen molar-refractivity contribution in [1.82, 2.24) is 0 Å². The Labute approximate surface area is 250 Å². The number of aromatic hydroxyl groups is 1. The highest BCUT2D eigenvalue weighted by Crippen LogP contribution is 2.39. The Kier molecular flexibility index (Phi) is 10.6. The molecular weight excluding hydrogens is 526 g/mol. The summed E-state index contributed by atoms with van der Waals surface area (Å²) in [6, 6.07) is 13.4. The third kappa shape index (κ3) is 7.04. The highest BCUT2D eigenvalue weighted by molar-refractivity contribution is 6.35. The predicted molar refractivity (Wildman–Crippen MR) is 172 cm³/mol. The minimum atomic E-state index is -0.0914. The molecule has 3 aromatic carbocycles. The molecule has 0 spiro atoms. The van der Waals surface area contributed by atoms with Crippen LogP contribution < -0.4 is 14.8 Å². The molecule has 0 aliphatic carbocycles. The van der Waals surface area contributed by atoms with Gasteiger partial charge in [-0.2, -0.15) is 0 Å². The van der Waals surface area contributed by atoms with Crippen LogP contribution in [0.4, 0.5) is 5.69 Å². The maximum Gasteiger partial charge on any atom is 0.256 e. The van der Waals surface area contributed by atoms with E-state index < -0.39 is 0 Å². The van der Waals surface area contributed by atoms with E-state index in [0.717, 1.165) is 56.9 Å². The first-order chi connectivity index (χ1) is 19.8. The van der Waals surface area contributed by atoms with Crippen LogP contribution in [0.5, 0.6) is 17.2 Å². The number of anilines is 1. The van der Waals surface area contributed by atoms with Crippen molar-refractivity contribution in [2.75, 3.05) is 19.5 Å². The average Bonchev–Trinajstić information content (AvgIpc) is 3.26. The van der Waals surface area contributed by atoms with Gasteiger partial charge in [-0.1, -0.05) is 55.4 Å². The Morgan fingerprint density at radius 1 is 0.714 bits per heavy atom. The van der Waals surface area contributed by atoms with Crippen molar-refractivity contribution < 1.29 is 24.2 Å². The van der Waals surface area contributed by atoms with Crippen LogP contribution in [-0.2, 0) is 4.79 Å². The lowest BCUT2D eigenvalue weighted by Crippen LogP contribution is -2.04. The molecule has 2 N–H and O–H groups in total. The van der Waals surface area contributed by atoms with E-state index in [9.17, 15) is 14.7 Å². The van der Waals surface area contributed by atoms with Gasteiger partial charge in [0.05, 0.1) is 14.2 Å². The molecule has 1 heterocycles. The molecule has 1 aliphatic rings. The molecule has 42 heavy (non-hydrogen) atoms. The SMILES string of the molecule is CC(C)c1cc(C=O)cc(C(C)C)c1O.COc1ccc2c(c1)C(=Cc1cc(C(C)C)c(OC)c(C(C)C)c1)C(=O)N2. The maximum atomic E-state index is 12.6. The first-order valence-electron chi connectivity index (χ1n) is 14.6. The molecule has 0 radical (unpaired) electrons. The molecule has 0 unspecified atom stereocenters. The number of rotatable bonds is 8. The van der Waals surface area contributed by atoms with Gasteiger partial charge in [-0.05, 0) is 100 Å². The molecule has 0 atom stereocenters. The molecule has 0 saturated carbocycles. The van der Waals surface area contributed by atoms with E-state index in [2.05, 4.69) is 45.1 Å². The van der Waals surface area contributed by atoms with E-state index in [1.807, 2.05) is 52.0 Å². The van der Waals surface area contributed by atoms with Gasteiger partial charge in [0.1, 0.15) is 23.5 Å². The number of amides is 1. The Balaban J connectivity index is 0.000000274. The van der Waals surface area contributed by atoms with Gasteiger partial charge in [-0.25, -0.2) is 0 Å². The number of carbonyl (C=O) groups is 2. The maximum absolute atomic E-state index is 12.6. The summed E-state index contributed by atoms with van der Waals surface area (Å²) in [5.74, 6) is 3.01. The monoisotopic (exact) mass is 571 g/mol. The Bertz CT molecular complexity index is 1420. The van der Waals surface area contributed by atoms with Gasteiger partial charge in [0, 0.05) is 22.4 Å². The highest BCUT2D eigenvalue weighted by atomic mass is 16.5. The number of hydrogen-bond donors (Lipinski definition) is 2. The lowest BCUT2D eigenvalue weighted by molar-refractivity contribution is -0.110. The minimum absolute atomic E-state index is 0.0914. The second-order valence-corrected chi connectivity index (χ2v) is 11.9. The number of hydrogen-bond acceptors (Lipinski definition) is 5. The first-order valence-corrected chi connectivity index (χ1v) is 14.6. The fourth-order valence-corrected chi connectivity index (χ4v) is 5.13. The second-order valence-electron chi connectivity index (χ2n) is 11.9. The molecule has 1 aliphatic heterocycles. The van der Waals surface area contributed by atoms with E-state index in [4.69, 9.17) is 9.47 Å². The summed E-state index contributed by atoms with van der Waals surface area (Å²) in [5.41, 5.74) is 7.98. The Morgan fingerprint density at radius 2 is 1.21 bits per heavy atom. The molecule has 3 aromatic rings. The molecule has 224 valence electrons. The fourth-order valence-electron chi connectivity index (χ4n) is 5.13. The molecule has 0 bridgehead atoms. The number of methoxy groups -OCH3 is 2. The Morgan fingerprint density at radius 3 is 1.64 bits per heavy atom. The van der Waals surface area contributed by atoms with Crippen LogP contribution in [0.2, 0.25) is 0 Å². The lowest BCUT2D eigenvalue weighted by Gasteiger charge is -2.19. The van der Waals surface area contributed by atoms with Crippen molar-refractivity contribution in [3.63, 3.8) is 0 Å². The van der Waals surface area contributed by atoms with Crippen LogP contribution in [0.15, 0.2) is 42.5 Å². The van der Waals surface area contributed by atoms with Gasteiger partial charge >= 0.3 is 0 Å². The summed E-state index contributed by atoms with van der Waals surface area (Å²) < 4.78 is 11.0. The molecular formula is C36H45NO5. The number of phenols is 1. The van der Waals surface area contributed by atoms with E-state index in [1.54, 1.807) is 26.4 Å². The van der Waals surface area contributed by atoms with E-state index in [0.29, 0.717) is 28.7 Å². The normalized spacial score (nSPS) is 13.4. The molecule has 6 heteroatoms. The number of ether oxygens (including phenoxy) is 2. The van der Waals surface area contributed by atoms with Crippen LogP contribution in [0, 0.1) is 0 Å². The number of fused-ring (bicyclic) bond motifs is 1. The Hall–Kier alpha value is -4.06. The number of benzene rings is 3. The summed E-state index contributed by atoms with van der Waals surface area (Å²) in [6.07, 6.45) is 2.79. The molecule has 0 fully saturated rings. The largest absolute Gasteiger partial charge is 0.507 e. The van der Waals surface area contributed by atoms with Gasteiger partial charge in [-0.15, -0.1) is 0 Å². The van der Waals surface area contributed by atoms with E-state index in [-0.39, 0.29) is 17.7 Å². The number of nitrogens with one attached hydrogen (secondary N) is 1. The standard InChI is InChI=1S/C23H27NO3.C13H18O2/c1-13(2)17-9-15(10-18(14(3)4)22(17)27-6)11-20-19-12-16(26-5)7-8-21(19)24-23(20)25;1-8(2)11-5-10(7-14)6-12(9(3)4)13(11)15/h7-14H,1-6H3,(H,24,25);5-9,15H,1-4H3. The van der Waals surface area contributed by atoms with Gasteiger partial charge in [0.15, 0.2) is 0 Å². The van der Waals surface area contributed by atoms with Gasteiger partial charge < -0.3 is 19.9 Å². The lowest BCUT2D eigenvalue weighted by atomic mass is 9.90. The van der Waals surface area contributed by atoms with E-state index >= 15 is 0 Å². The summed E-state index contributed by atoms with van der Waals surface area (Å²) in [6.45, 7) is 16.6. The van der Waals surface area contributed by atoms with Crippen molar-refractivity contribution in [3.8, 4) is 17.2 Å². The quantitative estimate of drug-likeness (QED) is 0.208. The molecule has 0 aromatic heterocycles. The first kappa shape index (κ1) is 32.5. The summed E-state index contributed by atoms with van der Waals surface area (Å²) in [4.78, 5) is 23.3. The van der Waals surface area contributed by atoms with Crippen molar-refractivity contribution in [2.24, 2.45) is 0 Å². The van der Waals surface area contributed by atoms with Crippen molar-refractivity contribution in [2.45, 2.75) is 79.1 Å². The number of phenolic OH excluding ortho intramolecular Hbond substituents is 1. The molecule has 0 saturated heterocycles. The smallest absolute Gasteiger partial charge is 0.256 e. The number of carbonyl (C=O) groups excluding carboxylic acids is 2. The van der Waals surface area contributed by atoms with Crippen LogP contribution in [0.1, 0.15) is 123 Å². The third-order valence-electron chi connectivity index (χ3n) is 7.51. The molecule has 1 amide bonds. The van der Waals surface area contributed by atoms with Crippen LogP contribution in [0.25, 0.3) is 11.6 Å². The third-order valence-corrected chi connectivity index (χ3v) is 7.51. The minimum Gasteiger partial charge on any atom is -0.507 e. The van der Waals surface area contributed by atoms with Gasteiger partial charge in [0.25, 0.3) is 5.91 Å². The van der Waals surface area contributed by atoms with Crippen molar-refractivity contribution in [1.29, 1.82) is 0 Å². The second kappa shape index (κ2) is 13.7. The summed E-state index contributed by atoms with van der Waals surface area (Å²) >= 11 is 0. The summed E-state index contributed by atoms with van der Waals surface area (Å²) in [7, 11) is 3.35. The molecule has 6 nitrogen and oxygen atoms in total. The van der Waals surface area contributed by atoms with Gasteiger partial charge in [0.2, 0.25) is 0 Å². The fraction of sp³-hybridized carbons (Fsp3) is 0.389. The highest BCUT2D eigenvalue weighted by Gasteiger charge is 2.25. The van der Waals surface area contributed by atoms with Crippen LogP contribution in [0.3, 0.4) is 0 Å². The van der Waals surface area contributed by atoms with E-state index in [1.165, 1.54) is 0 Å². The van der Waals surface area contributed by atoms with Crippen molar-refractivity contribution >= 4 is 29.5 Å². The topological polar surface area (TPSA) is 84.9 Å². The van der Waals surface area contributed by atoms with Crippen molar-refractivity contribution in [3.05, 3.63) is 81.4 Å². The zero-order valence-electron chi connectivity index (χ0n) is 26.6. The zero-order valence-corrected chi connectivity index (χ0v) is 26.6. The van der Waals surface area contributed by atoms with Crippen LogP contribution in [-0.4, -0.2) is 31.5 Å². The predicted octanol–water partition coefficient (Wildman–Crippen LogP) is 8.89.